The zero-order valence-electron chi connectivity index (χ0n) is 19.3. The van der Waals surface area contributed by atoms with Crippen molar-refractivity contribution in [3.05, 3.63) is 70.0 Å². The number of ether oxygens (including phenoxy) is 1. The molecule has 1 unspecified atom stereocenters. The zero-order chi connectivity index (χ0) is 23.9. The molecule has 0 saturated carbocycles. The molecule has 10 nitrogen and oxygen atoms in total. The van der Waals surface area contributed by atoms with E-state index in [-0.39, 0.29) is 17.9 Å². The Bertz CT molecular complexity index is 1440. The number of benzene rings is 2. The molecule has 4 aromatic rings. The second-order valence-electron chi connectivity index (χ2n) is 9.08. The molecule has 2 aromatic heterocycles. The molecule has 2 amide bonds. The van der Waals surface area contributed by atoms with Gasteiger partial charge >= 0.3 is 0 Å². The van der Waals surface area contributed by atoms with Gasteiger partial charge in [-0.05, 0) is 67.1 Å². The Kier molecular flexibility index (Phi) is 5.20. The number of hydrogen-bond acceptors (Lipinski definition) is 6. The van der Waals surface area contributed by atoms with Gasteiger partial charge in [0.15, 0.2) is 5.69 Å². The lowest BCUT2D eigenvalue weighted by atomic mass is 9.88. The smallest absolute Gasteiger partial charge is 0.272 e. The Hall–Kier alpha value is -4.21. The number of H-pyrrole nitrogens is 2. The highest BCUT2D eigenvalue weighted by Crippen LogP contribution is 2.27. The van der Waals surface area contributed by atoms with Crippen LogP contribution in [0, 0.1) is 0 Å². The molecule has 1 atom stereocenters. The van der Waals surface area contributed by atoms with Gasteiger partial charge in [0.1, 0.15) is 16.8 Å². The molecule has 0 fully saturated rings. The highest BCUT2D eigenvalue weighted by Gasteiger charge is 2.29. The molecule has 0 saturated heterocycles. The molecule has 0 radical (unpaired) electrons. The quantitative estimate of drug-likeness (QED) is 0.418. The number of amides is 2. The number of methoxy groups -OCH3 is 1. The topological polar surface area (TPSA) is 129 Å². The fourth-order valence-electron chi connectivity index (χ4n) is 5.07. The number of aromatic amines is 2. The van der Waals surface area contributed by atoms with E-state index in [1.54, 1.807) is 30.2 Å². The first kappa shape index (κ1) is 21.3. The van der Waals surface area contributed by atoms with Crippen molar-refractivity contribution < 1.29 is 14.3 Å². The lowest BCUT2D eigenvalue weighted by Crippen LogP contribution is -2.40. The zero-order valence-corrected chi connectivity index (χ0v) is 19.3. The lowest BCUT2D eigenvalue weighted by molar-refractivity contribution is 0.0732. The maximum Gasteiger partial charge on any atom is 0.272 e. The molecule has 3 heterocycles. The van der Waals surface area contributed by atoms with E-state index in [0.717, 1.165) is 36.3 Å². The number of aromatic nitrogens is 5. The van der Waals surface area contributed by atoms with Gasteiger partial charge in [0.2, 0.25) is 0 Å². The number of carbonyl (C=O) groups is 2. The van der Waals surface area contributed by atoms with Crippen LogP contribution in [0.4, 0.5) is 0 Å². The molecule has 10 heteroatoms. The van der Waals surface area contributed by atoms with Crippen LogP contribution in [0.15, 0.2) is 36.4 Å². The minimum Gasteiger partial charge on any atom is -0.497 e. The molecule has 178 valence electrons. The van der Waals surface area contributed by atoms with Crippen molar-refractivity contribution in [1.82, 2.24) is 35.8 Å². The van der Waals surface area contributed by atoms with Crippen LogP contribution >= 0.6 is 0 Å². The summed E-state index contributed by atoms with van der Waals surface area (Å²) in [7, 11) is 1.67. The van der Waals surface area contributed by atoms with Crippen LogP contribution in [0.3, 0.4) is 0 Å². The third-order valence-electron chi connectivity index (χ3n) is 6.98. The van der Waals surface area contributed by atoms with E-state index in [9.17, 15) is 9.59 Å². The number of nitrogens with zero attached hydrogens (tertiary/aromatic N) is 4. The maximum absolute atomic E-state index is 13.1. The fourth-order valence-corrected chi connectivity index (χ4v) is 5.07. The highest BCUT2D eigenvalue weighted by molar-refractivity contribution is 5.98. The van der Waals surface area contributed by atoms with E-state index in [1.807, 2.05) is 6.07 Å². The molecule has 3 N–H and O–H groups in total. The highest BCUT2D eigenvalue weighted by atomic mass is 16.5. The van der Waals surface area contributed by atoms with Crippen LogP contribution in [-0.4, -0.2) is 62.0 Å². The summed E-state index contributed by atoms with van der Waals surface area (Å²) >= 11 is 0. The molecule has 1 aliphatic carbocycles. The molecule has 1 aliphatic heterocycles. The number of carbonyl (C=O) groups excluding carboxylic acids is 2. The van der Waals surface area contributed by atoms with Gasteiger partial charge < -0.3 is 15.0 Å². The summed E-state index contributed by atoms with van der Waals surface area (Å²) in [5, 5.41) is 21.1. The standard InChI is InChI=1S/C25H25N7O3/c1-35-18-6-3-14-10-17(5-2-15(14)11-18)26-24(33)23-19-8-9-32(13-22(19)27-30-23)25(34)16-4-7-20-21(12-16)29-31-28-20/h3-4,6-7,11-12,17H,2,5,8-10,13H2,1H3,(H,26,33)(H,27,30)(H,28,29,31). The predicted octanol–water partition coefficient (Wildman–Crippen LogP) is 2.18. The summed E-state index contributed by atoms with van der Waals surface area (Å²) in [5.74, 6) is 0.611. The van der Waals surface area contributed by atoms with Gasteiger partial charge in [0.05, 0.1) is 19.3 Å². The van der Waals surface area contributed by atoms with Gasteiger partial charge in [0, 0.05) is 23.7 Å². The van der Waals surface area contributed by atoms with Gasteiger partial charge in [-0.3, -0.25) is 14.7 Å². The average Bonchev–Trinajstić information content (AvgIpc) is 3.54. The molecule has 2 aliphatic rings. The second-order valence-corrected chi connectivity index (χ2v) is 9.08. The van der Waals surface area contributed by atoms with Gasteiger partial charge in [-0.1, -0.05) is 6.07 Å². The second kappa shape index (κ2) is 8.53. The van der Waals surface area contributed by atoms with Crippen molar-refractivity contribution in [2.75, 3.05) is 13.7 Å². The molecule has 2 aromatic carbocycles. The molecule has 0 bridgehead atoms. The van der Waals surface area contributed by atoms with Crippen LogP contribution < -0.4 is 10.1 Å². The first-order chi connectivity index (χ1) is 17.1. The number of aryl methyl sites for hydroxylation is 1. The minimum absolute atomic E-state index is 0.0591. The Morgan fingerprint density at radius 2 is 1.94 bits per heavy atom. The minimum atomic E-state index is -0.166. The normalized spacial score (nSPS) is 17.1. The number of rotatable bonds is 4. The molecular formula is C25H25N7O3. The van der Waals surface area contributed by atoms with E-state index < -0.39 is 0 Å². The largest absolute Gasteiger partial charge is 0.497 e. The molecular weight excluding hydrogens is 446 g/mol. The van der Waals surface area contributed by atoms with E-state index in [4.69, 9.17) is 4.74 Å². The Balaban J connectivity index is 1.13. The van der Waals surface area contributed by atoms with E-state index in [1.165, 1.54) is 11.1 Å². The van der Waals surface area contributed by atoms with Crippen molar-refractivity contribution in [2.45, 2.75) is 38.3 Å². The molecule has 35 heavy (non-hydrogen) atoms. The van der Waals surface area contributed by atoms with Crippen LogP contribution in [0.2, 0.25) is 0 Å². The summed E-state index contributed by atoms with van der Waals surface area (Å²) in [4.78, 5) is 27.9. The Morgan fingerprint density at radius 1 is 1.06 bits per heavy atom. The van der Waals surface area contributed by atoms with E-state index in [0.29, 0.717) is 41.8 Å². The van der Waals surface area contributed by atoms with Gasteiger partial charge in [-0.25, -0.2) is 0 Å². The van der Waals surface area contributed by atoms with Crippen LogP contribution in [0.25, 0.3) is 11.0 Å². The SMILES string of the molecule is COc1ccc2c(c1)CCC(NC(=O)c1n[nH]c3c1CCN(C(=O)c1ccc4n[nH]nc4c1)C3)C2. The first-order valence-electron chi connectivity index (χ1n) is 11.7. The van der Waals surface area contributed by atoms with Crippen LogP contribution in [0.5, 0.6) is 5.75 Å². The Morgan fingerprint density at radius 3 is 2.83 bits per heavy atom. The van der Waals surface area contributed by atoms with Gasteiger partial charge in [0.25, 0.3) is 11.8 Å². The summed E-state index contributed by atoms with van der Waals surface area (Å²) in [6, 6.07) is 11.4. The van der Waals surface area contributed by atoms with Crippen molar-refractivity contribution in [3.63, 3.8) is 0 Å². The van der Waals surface area contributed by atoms with Crippen LogP contribution in [0.1, 0.15) is 49.7 Å². The predicted molar refractivity (Wildman–Crippen MR) is 127 cm³/mol. The summed E-state index contributed by atoms with van der Waals surface area (Å²) in [5.41, 5.74) is 6.56. The average molecular weight is 472 g/mol. The number of nitrogens with one attached hydrogen (secondary N) is 3. The van der Waals surface area contributed by atoms with Crippen molar-refractivity contribution >= 4 is 22.8 Å². The lowest BCUT2D eigenvalue weighted by Gasteiger charge is -2.27. The summed E-state index contributed by atoms with van der Waals surface area (Å²) in [6.07, 6.45) is 3.12. The maximum atomic E-state index is 13.1. The molecule has 0 spiro atoms. The van der Waals surface area contributed by atoms with Gasteiger partial charge in [-0.2, -0.15) is 20.5 Å². The number of hydrogen-bond donors (Lipinski definition) is 3. The fraction of sp³-hybridized carbons (Fsp3) is 0.320. The van der Waals surface area contributed by atoms with Crippen molar-refractivity contribution in [2.24, 2.45) is 0 Å². The van der Waals surface area contributed by atoms with Crippen molar-refractivity contribution in [1.29, 1.82) is 0 Å². The summed E-state index contributed by atoms with van der Waals surface area (Å²) in [6.45, 7) is 0.894. The van der Waals surface area contributed by atoms with E-state index in [2.05, 4.69) is 43.1 Å². The molecule has 6 rings (SSSR count). The first-order valence-corrected chi connectivity index (χ1v) is 11.7. The summed E-state index contributed by atoms with van der Waals surface area (Å²) < 4.78 is 5.32. The Labute approximate surface area is 201 Å². The third kappa shape index (κ3) is 3.90. The third-order valence-corrected chi connectivity index (χ3v) is 6.98. The van der Waals surface area contributed by atoms with E-state index >= 15 is 0 Å². The monoisotopic (exact) mass is 471 g/mol. The number of fused-ring (bicyclic) bond motifs is 3. The van der Waals surface area contributed by atoms with Crippen molar-refractivity contribution in [3.8, 4) is 5.75 Å². The van der Waals surface area contributed by atoms with Crippen LogP contribution in [-0.2, 0) is 25.8 Å². The van der Waals surface area contributed by atoms with Gasteiger partial charge in [-0.15, -0.1) is 0 Å².